The second kappa shape index (κ2) is 4.34. The number of hydrogen-bond donors (Lipinski definition) is 1. The Bertz CT molecular complexity index is 393. The van der Waals surface area contributed by atoms with Crippen LogP contribution >= 0.6 is 15.9 Å². The summed E-state index contributed by atoms with van der Waals surface area (Å²) >= 11 is 3.38. The lowest BCUT2D eigenvalue weighted by Crippen LogP contribution is -2.39. The molecule has 3 nitrogen and oxygen atoms in total. The largest absolute Gasteiger partial charge is 0.392 e. The van der Waals surface area contributed by atoms with Crippen LogP contribution in [0.3, 0.4) is 0 Å². The molecule has 1 N–H and O–H groups in total. The molecule has 0 aromatic carbocycles. The molecule has 2 heterocycles. The van der Waals surface area contributed by atoms with Gasteiger partial charge >= 0.3 is 0 Å². The Morgan fingerprint density at radius 1 is 1.56 bits per heavy atom. The summed E-state index contributed by atoms with van der Waals surface area (Å²) in [5.74, 6) is 0.924. The molecule has 1 aromatic rings. The zero-order valence-electron chi connectivity index (χ0n) is 9.70. The molecule has 0 spiro atoms. The molecule has 16 heavy (non-hydrogen) atoms. The van der Waals surface area contributed by atoms with Gasteiger partial charge < -0.3 is 10.0 Å². The van der Waals surface area contributed by atoms with Crippen molar-refractivity contribution in [3.63, 3.8) is 0 Å². The lowest BCUT2D eigenvalue weighted by Gasteiger charge is -2.33. The van der Waals surface area contributed by atoms with Crippen LogP contribution in [0.1, 0.15) is 32.3 Å². The van der Waals surface area contributed by atoms with Gasteiger partial charge in [-0.05, 0) is 48.7 Å². The van der Waals surface area contributed by atoms with Crippen LogP contribution in [-0.4, -0.2) is 22.2 Å². The minimum Gasteiger partial charge on any atom is -0.392 e. The summed E-state index contributed by atoms with van der Waals surface area (Å²) < 4.78 is 0.914. The Morgan fingerprint density at radius 2 is 2.31 bits per heavy atom. The van der Waals surface area contributed by atoms with Gasteiger partial charge in [0.25, 0.3) is 0 Å². The molecular formula is C12H17BrN2O. The third-order valence-corrected chi connectivity index (χ3v) is 3.67. The van der Waals surface area contributed by atoms with E-state index in [4.69, 9.17) is 0 Å². The van der Waals surface area contributed by atoms with Crippen molar-refractivity contribution in [1.29, 1.82) is 0 Å². The van der Waals surface area contributed by atoms with E-state index in [9.17, 15) is 5.11 Å². The standard InChI is InChI=1S/C12H17BrN2O/c1-12(2)4-3-5-15(12)11-9(8-16)6-10(13)7-14-11/h6-7,16H,3-5,8H2,1-2H3. The fourth-order valence-corrected chi connectivity index (χ4v) is 2.71. The quantitative estimate of drug-likeness (QED) is 0.907. The average molecular weight is 285 g/mol. The van der Waals surface area contributed by atoms with E-state index in [1.807, 2.05) is 6.07 Å². The predicted molar refractivity (Wildman–Crippen MR) is 68.5 cm³/mol. The van der Waals surface area contributed by atoms with Crippen LogP contribution in [0.2, 0.25) is 0 Å². The molecule has 0 atom stereocenters. The number of rotatable bonds is 2. The number of halogens is 1. The lowest BCUT2D eigenvalue weighted by molar-refractivity contribution is 0.281. The average Bonchev–Trinajstić information content (AvgIpc) is 2.58. The summed E-state index contributed by atoms with van der Waals surface area (Å²) in [4.78, 5) is 6.74. The molecule has 1 aliphatic rings. The van der Waals surface area contributed by atoms with Gasteiger partial charge in [0, 0.05) is 28.3 Å². The molecule has 1 aromatic heterocycles. The molecule has 0 bridgehead atoms. The van der Waals surface area contributed by atoms with Crippen molar-refractivity contribution in [2.75, 3.05) is 11.4 Å². The first-order valence-corrected chi connectivity index (χ1v) is 6.37. The Hall–Kier alpha value is -0.610. The highest BCUT2D eigenvalue weighted by Gasteiger charge is 2.33. The van der Waals surface area contributed by atoms with Crippen molar-refractivity contribution in [2.24, 2.45) is 0 Å². The zero-order valence-corrected chi connectivity index (χ0v) is 11.3. The van der Waals surface area contributed by atoms with Crippen molar-refractivity contribution < 1.29 is 5.11 Å². The first-order chi connectivity index (χ1) is 7.54. The van der Waals surface area contributed by atoms with Gasteiger partial charge in [0.15, 0.2) is 0 Å². The Balaban J connectivity index is 2.40. The fraction of sp³-hybridized carbons (Fsp3) is 0.583. The van der Waals surface area contributed by atoms with Gasteiger partial charge in [-0.2, -0.15) is 0 Å². The summed E-state index contributed by atoms with van der Waals surface area (Å²) in [6, 6.07) is 1.94. The van der Waals surface area contributed by atoms with Crippen molar-refractivity contribution in [2.45, 2.75) is 38.8 Å². The van der Waals surface area contributed by atoms with Crippen LogP contribution in [0.15, 0.2) is 16.7 Å². The SMILES string of the molecule is CC1(C)CCCN1c1ncc(Br)cc1CO. The van der Waals surface area contributed by atoms with E-state index in [2.05, 4.69) is 39.7 Å². The number of aromatic nitrogens is 1. The molecule has 2 rings (SSSR count). The highest BCUT2D eigenvalue weighted by Crippen LogP contribution is 2.34. The summed E-state index contributed by atoms with van der Waals surface area (Å²) in [7, 11) is 0. The van der Waals surface area contributed by atoms with E-state index >= 15 is 0 Å². The molecule has 0 saturated carbocycles. The minimum atomic E-state index is 0.0361. The van der Waals surface area contributed by atoms with Crippen LogP contribution in [0.25, 0.3) is 0 Å². The third kappa shape index (κ3) is 2.09. The van der Waals surface area contributed by atoms with Crippen molar-refractivity contribution in [1.82, 2.24) is 4.98 Å². The predicted octanol–water partition coefficient (Wildman–Crippen LogP) is 2.72. The second-order valence-corrected chi connectivity index (χ2v) is 5.78. The Kier molecular flexibility index (Phi) is 3.22. The first-order valence-electron chi connectivity index (χ1n) is 5.57. The summed E-state index contributed by atoms with van der Waals surface area (Å²) in [6.45, 7) is 5.51. The second-order valence-electron chi connectivity index (χ2n) is 4.86. The molecular weight excluding hydrogens is 268 g/mol. The highest BCUT2D eigenvalue weighted by atomic mass is 79.9. The molecule has 0 aliphatic carbocycles. The van der Waals surface area contributed by atoms with Crippen LogP contribution in [0, 0.1) is 0 Å². The minimum absolute atomic E-state index is 0.0361. The maximum absolute atomic E-state index is 9.39. The highest BCUT2D eigenvalue weighted by molar-refractivity contribution is 9.10. The van der Waals surface area contributed by atoms with Gasteiger partial charge in [-0.15, -0.1) is 0 Å². The zero-order chi connectivity index (χ0) is 11.8. The van der Waals surface area contributed by atoms with Crippen LogP contribution < -0.4 is 4.90 Å². The Labute approximate surface area is 105 Å². The molecule has 1 saturated heterocycles. The normalized spacial score (nSPS) is 19.1. The number of hydrogen-bond acceptors (Lipinski definition) is 3. The van der Waals surface area contributed by atoms with E-state index in [1.54, 1.807) is 6.20 Å². The third-order valence-electron chi connectivity index (χ3n) is 3.24. The van der Waals surface area contributed by atoms with E-state index in [0.29, 0.717) is 0 Å². The van der Waals surface area contributed by atoms with Gasteiger partial charge in [0.05, 0.1) is 6.61 Å². The molecule has 1 fully saturated rings. The van der Waals surface area contributed by atoms with E-state index < -0.39 is 0 Å². The molecule has 0 unspecified atom stereocenters. The summed E-state index contributed by atoms with van der Waals surface area (Å²) in [6.07, 6.45) is 4.16. The van der Waals surface area contributed by atoms with Gasteiger partial charge in [-0.1, -0.05) is 0 Å². The van der Waals surface area contributed by atoms with Gasteiger partial charge in [0.1, 0.15) is 5.82 Å². The van der Waals surface area contributed by atoms with Gasteiger partial charge in [0.2, 0.25) is 0 Å². The smallest absolute Gasteiger partial charge is 0.134 e. The molecule has 0 amide bonds. The summed E-state index contributed by atoms with van der Waals surface area (Å²) in [5.41, 5.74) is 1.04. The first kappa shape index (κ1) is 11.9. The maximum atomic E-state index is 9.39. The molecule has 0 radical (unpaired) electrons. The number of aliphatic hydroxyl groups is 1. The van der Waals surface area contributed by atoms with Crippen LogP contribution in [0.4, 0.5) is 5.82 Å². The molecule has 1 aliphatic heterocycles. The van der Waals surface area contributed by atoms with Crippen molar-refractivity contribution >= 4 is 21.7 Å². The van der Waals surface area contributed by atoms with E-state index in [0.717, 1.165) is 22.4 Å². The van der Waals surface area contributed by atoms with E-state index in [1.165, 1.54) is 12.8 Å². The number of aliphatic hydroxyl groups excluding tert-OH is 1. The van der Waals surface area contributed by atoms with Gasteiger partial charge in [-0.3, -0.25) is 0 Å². The number of anilines is 1. The molecule has 88 valence electrons. The lowest BCUT2D eigenvalue weighted by atomic mass is 10.0. The van der Waals surface area contributed by atoms with E-state index in [-0.39, 0.29) is 12.1 Å². The van der Waals surface area contributed by atoms with Crippen molar-refractivity contribution in [3.8, 4) is 0 Å². The fourth-order valence-electron chi connectivity index (χ4n) is 2.33. The Morgan fingerprint density at radius 3 is 2.88 bits per heavy atom. The maximum Gasteiger partial charge on any atom is 0.134 e. The summed E-state index contributed by atoms with van der Waals surface area (Å²) in [5, 5.41) is 9.39. The van der Waals surface area contributed by atoms with Crippen molar-refractivity contribution in [3.05, 3.63) is 22.3 Å². The number of nitrogens with zero attached hydrogens (tertiary/aromatic N) is 2. The molecule has 4 heteroatoms. The number of pyridine rings is 1. The topological polar surface area (TPSA) is 36.4 Å². The van der Waals surface area contributed by atoms with Crippen LogP contribution in [-0.2, 0) is 6.61 Å². The van der Waals surface area contributed by atoms with Crippen LogP contribution in [0.5, 0.6) is 0 Å². The monoisotopic (exact) mass is 284 g/mol. The van der Waals surface area contributed by atoms with Gasteiger partial charge in [-0.25, -0.2) is 4.98 Å².